The fourth-order valence-corrected chi connectivity index (χ4v) is 3.51. The lowest BCUT2D eigenvalue weighted by atomic mass is 9.90. The highest BCUT2D eigenvalue weighted by Gasteiger charge is 2.14. The maximum atomic E-state index is 12.4. The first kappa shape index (κ1) is 18.5. The van der Waals surface area contributed by atoms with E-state index in [9.17, 15) is 4.79 Å². The second kappa shape index (κ2) is 8.86. The van der Waals surface area contributed by atoms with Crippen molar-refractivity contribution < 1.29 is 4.79 Å². The Labute approximate surface area is 156 Å². The van der Waals surface area contributed by atoms with Crippen LogP contribution in [0.2, 0.25) is 0 Å². The van der Waals surface area contributed by atoms with Gasteiger partial charge in [0.1, 0.15) is 0 Å². The molecular formula is C22H29N3O. The number of urea groups is 1. The van der Waals surface area contributed by atoms with Gasteiger partial charge in [-0.25, -0.2) is 4.79 Å². The van der Waals surface area contributed by atoms with E-state index in [0.717, 1.165) is 37.2 Å². The zero-order chi connectivity index (χ0) is 18.4. The zero-order valence-corrected chi connectivity index (χ0v) is 15.8. The van der Waals surface area contributed by atoms with Gasteiger partial charge in [-0.1, -0.05) is 43.3 Å². The predicted octanol–water partition coefficient (Wildman–Crippen LogP) is 4.34. The summed E-state index contributed by atoms with van der Waals surface area (Å²) in [5.74, 6) is 0. The Morgan fingerprint density at radius 3 is 2.69 bits per heavy atom. The monoisotopic (exact) mass is 351 g/mol. The van der Waals surface area contributed by atoms with Crippen LogP contribution in [-0.4, -0.2) is 24.5 Å². The number of anilines is 1. The van der Waals surface area contributed by atoms with Gasteiger partial charge in [0.2, 0.25) is 0 Å². The molecule has 0 aromatic heterocycles. The van der Waals surface area contributed by atoms with Crippen LogP contribution in [0.25, 0.3) is 0 Å². The molecule has 0 heterocycles. The zero-order valence-electron chi connectivity index (χ0n) is 15.8. The number of benzene rings is 2. The third-order valence-electron chi connectivity index (χ3n) is 5.08. The van der Waals surface area contributed by atoms with Crippen molar-refractivity contribution in [2.75, 3.05) is 18.9 Å². The van der Waals surface area contributed by atoms with Gasteiger partial charge in [-0.05, 0) is 67.6 Å². The molecule has 1 aliphatic carbocycles. The summed E-state index contributed by atoms with van der Waals surface area (Å²) in [7, 11) is 2.11. The van der Waals surface area contributed by atoms with E-state index in [2.05, 4.69) is 59.8 Å². The molecule has 0 unspecified atom stereocenters. The van der Waals surface area contributed by atoms with Crippen molar-refractivity contribution in [2.45, 2.75) is 45.7 Å². The first-order valence-electron chi connectivity index (χ1n) is 9.57. The Balaban J connectivity index is 1.57. The second-order valence-corrected chi connectivity index (χ2v) is 7.11. The number of fused-ring (bicyclic) bond motifs is 1. The average Bonchev–Trinajstić information content (AvgIpc) is 2.67. The first-order chi connectivity index (χ1) is 12.7. The van der Waals surface area contributed by atoms with Gasteiger partial charge < -0.3 is 15.5 Å². The summed E-state index contributed by atoms with van der Waals surface area (Å²) in [5.41, 5.74) is 6.03. The topological polar surface area (TPSA) is 44.4 Å². The number of nitrogens with one attached hydrogen (secondary N) is 2. The van der Waals surface area contributed by atoms with Gasteiger partial charge in [-0.2, -0.15) is 0 Å². The molecule has 2 aromatic carbocycles. The standard InChI is InChI=1S/C22H29N3O/c1-3-25(2)16-18-9-6-8-17(14-18)15-23-22(26)24-21-13-7-11-19-10-4-5-12-20(19)21/h6-9,11,13-14H,3-5,10,12,15-16H2,1-2H3,(H2,23,24,26). The van der Waals surface area contributed by atoms with Gasteiger partial charge in [0.15, 0.2) is 0 Å². The van der Waals surface area contributed by atoms with Crippen molar-refractivity contribution in [3.8, 4) is 0 Å². The predicted molar refractivity (Wildman–Crippen MR) is 107 cm³/mol. The number of carbonyl (C=O) groups excluding carboxylic acids is 1. The first-order valence-corrected chi connectivity index (χ1v) is 9.57. The summed E-state index contributed by atoms with van der Waals surface area (Å²) >= 11 is 0. The van der Waals surface area contributed by atoms with E-state index in [1.54, 1.807) is 0 Å². The van der Waals surface area contributed by atoms with Gasteiger partial charge in [0.25, 0.3) is 0 Å². The minimum atomic E-state index is -0.139. The van der Waals surface area contributed by atoms with Gasteiger partial charge in [0.05, 0.1) is 0 Å². The van der Waals surface area contributed by atoms with Crippen LogP contribution in [0.3, 0.4) is 0 Å². The van der Waals surface area contributed by atoms with Crippen LogP contribution < -0.4 is 10.6 Å². The summed E-state index contributed by atoms with van der Waals surface area (Å²) in [4.78, 5) is 14.6. The number of nitrogens with zero attached hydrogens (tertiary/aromatic N) is 1. The molecule has 1 aliphatic rings. The molecule has 0 saturated carbocycles. The van der Waals surface area contributed by atoms with Crippen molar-refractivity contribution in [3.63, 3.8) is 0 Å². The highest BCUT2D eigenvalue weighted by atomic mass is 16.2. The molecule has 0 atom stereocenters. The third kappa shape index (κ3) is 4.85. The second-order valence-electron chi connectivity index (χ2n) is 7.11. The Bertz CT molecular complexity index is 757. The van der Waals surface area contributed by atoms with Gasteiger partial charge in [-0.3, -0.25) is 0 Å². The minimum Gasteiger partial charge on any atom is -0.334 e. The molecule has 2 amide bonds. The maximum Gasteiger partial charge on any atom is 0.319 e. The largest absolute Gasteiger partial charge is 0.334 e. The molecule has 2 N–H and O–H groups in total. The lowest BCUT2D eigenvalue weighted by molar-refractivity contribution is 0.251. The highest BCUT2D eigenvalue weighted by molar-refractivity contribution is 5.90. The minimum absolute atomic E-state index is 0.139. The lowest BCUT2D eigenvalue weighted by Gasteiger charge is -2.19. The fourth-order valence-electron chi connectivity index (χ4n) is 3.51. The van der Waals surface area contributed by atoms with Crippen LogP contribution in [0.15, 0.2) is 42.5 Å². The molecule has 138 valence electrons. The van der Waals surface area contributed by atoms with E-state index in [0.29, 0.717) is 6.54 Å². The van der Waals surface area contributed by atoms with E-state index in [4.69, 9.17) is 0 Å². The van der Waals surface area contributed by atoms with Crippen LogP contribution >= 0.6 is 0 Å². The lowest BCUT2D eigenvalue weighted by Crippen LogP contribution is -2.29. The Hall–Kier alpha value is -2.33. The van der Waals surface area contributed by atoms with E-state index in [1.165, 1.54) is 29.5 Å². The number of aryl methyl sites for hydroxylation is 1. The molecule has 0 fully saturated rings. The highest BCUT2D eigenvalue weighted by Crippen LogP contribution is 2.27. The van der Waals surface area contributed by atoms with Crippen LogP contribution in [0, 0.1) is 0 Å². The van der Waals surface area contributed by atoms with Gasteiger partial charge in [-0.15, -0.1) is 0 Å². The van der Waals surface area contributed by atoms with E-state index in [1.807, 2.05) is 12.1 Å². The normalized spacial score (nSPS) is 13.3. The Morgan fingerprint density at radius 2 is 1.85 bits per heavy atom. The molecule has 2 aromatic rings. The number of rotatable bonds is 6. The van der Waals surface area contributed by atoms with E-state index >= 15 is 0 Å². The van der Waals surface area contributed by atoms with E-state index in [-0.39, 0.29) is 6.03 Å². The smallest absolute Gasteiger partial charge is 0.319 e. The van der Waals surface area contributed by atoms with Crippen molar-refractivity contribution in [1.82, 2.24) is 10.2 Å². The molecule has 0 saturated heterocycles. The average molecular weight is 351 g/mol. The molecule has 0 spiro atoms. The number of hydrogen-bond donors (Lipinski definition) is 2. The number of amides is 2. The van der Waals surface area contributed by atoms with Gasteiger partial charge in [0, 0.05) is 18.8 Å². The molecule has 0 radical (unpaired) electrons. The van der Waals surface area contributed by atoms with Crippen LogP contribution in [0.5, 0.6) is 0 Å². The third-order valence-corrected chi connectivity index (χ3v) is 5.08. The summed E-state index contributed by atoms with van der Waals surface area (Å²) in [6, 6.07) is 14.5. The van der Waals surface area contributed by atoms with Crippen molar-refractivity contribution in [3.05, 3.63) is 64.7 Å². The Morgan fingerprint density at radius 1 is 1.08 bits per heavy atom. The summed E-state index contributed by atoms with van der Waals surface area (Å²) in [5, 5.41) is 6.02. The number of hydrogen-bond acceptors (Lipinski definition) is 2. The number of carbonyl (C=O) groups is 1. The molecule has 4 heteroatoms. The quantitative estimate of drug-likeness (QED) is 0.813. The summed E-state index contributed by atoms with van der Waals surface area (Å²) in [6.45, 7) is 4.63. The molecule has 0 bridgehead atoms. The van der Waals surface area contributed by atoms with Gasteiger partial charge >= 0.3 is 6.03 Å². The SMILES string of the molecule is CCN(C)Cc1cccc(CNC(=O)Nc2cccc3c2CCCC3)c1. The van der Waals surface area contributed by atoms with Crippen molar-refractivity contribution >= 4 is 11.7 Å². The van der Waals surface area contributed by atoms with Crippen LogP contribution in [-0.2, 0) is 25.9 Å². The molecule has 4 nitrogen and oxygen atoms in total. The summed E-state index contributed by atoms with van der Waals surface area (Å²) < 4.78 is 0. The van der Waals surface area contributed by atoms with Crippen LogP contribution in [0.1, 0.15) is 42.0 Å². The maximum absolute atomic E-state index is 12.4. The molecule has 0 aliphatic heterocycles. The van der Waals surface area contributed by atoms with Crippen molar-refractivity contribution in [2.24, 2.45) is 0 Å². The van der Waals surface area contributed by atoms with Crippen LogP contribution in [0.4, 0.5) is 10.5 Å². The molecule has 26 heavy (non-hydrogen) atoms. The summed E-state index contributed by atoms with van der Waals surface area (Å²) in [6.07, 6.45) is 4.61. The molecular weight excluding hydrogens is 322 g/mol. The molecule has 3 rings (SSSR count). The van der Waals surface area contributed by atoms with E-state index < -0.39 is 0 Å². The Kier molecular flexibility index (Phi) is 6.29. The van der Waals surface area contributed by atoms with Crippen molar-refractivity contribution in [1.29, 1.82) is 0 Å². The fraction of sp³-hybridized carbons (Fsp3) is 0.409.